The molecule has 2 aliphatic rings. The monoisotopic (exact) mass is 534 g/mol. The molecule has 7 nitrogen and oxygen atoms in total. The number of carbonyl (C=O) groups is 3. The standard InChI is InChI=1S/C28H30N4O3S2/c1-18-25(37-17-30-18)20-11-9-19(10-12-20)14-29-26(33)23-8-5-13-31(23)28(35)24(16-36-2)32-15-21-6-3-4-7-22(21)27(32)34/h3-4,6-7,9-12,17,23-24H,5,8,13-16H2,1-2H3,(H,29,33). The minimum absolute atomic E-state index is 0.111. The summed E-state index contributed by atoms with van der Waals surface area (Å²) in [6.45, 7) is 3.34. The van der Waals surface area contributed by atoms with Crippen molar-refractivity contribution in [2.45, 2.75) is 44.9 Å². The van der Waals surface area contributed by atoms with Crippen molar-refractivity contribution in [1.29, 1.82) is 0 Å². The van der Waals surface area contributed by atoms with E-state index in [4.69, 9.17) is 0 Å². The van der Waals surface area contributed by atoms with Crippen molar-refractivity contribution >= 4 is 40.8 Å². The highest BCUT2D eigenvalue weighted by atomic mass is 32.2. The Kier molecular flexibility index (Phi) is 7.62. The molecule has 1 aromatic heterocycles. The first-order valence-corrected chi connectivity index (χ1v) is 14.7. The number of nitrogens with one attached hydrogen (secondary N) is 1. The molecular formula is C28H30N4O3S2. The number of rotatable bonds is 8. The van der Waals surface area contributed by atoms with E-state index in [0.29, 0.717) is 37.4 Å². The summed E-state index contributed by atoms with van der Waals surface area (Å²) in [5.74, 6) is 0.0967. The van der Waals surface area contributed by atoms with Crippen LogP contribution in [0.4, 0.5) is 0 Å². The second-order valence-corrected chi connectivity index (χ2v) is 11.2. The van der Waals surface area contributed by atoms with E-state index in [1.807, 2.05) is 67.2 Å². The Labute approximate surface area is 225 Å². The summed E-state index contributed by atoms with van der Waals surface area (Å²) in [6, 6.07) is 14.5. The number of amides is 3. The summed E-state index contributed by atoms with van der Waals surface area (Å²) >= 11 is 3.15. The van der Waals surface area contributed by atoms with E-state index in [0.717, 1.165) is 33.7 Å². The maximum absolute atomic E-state index is 13.7. The van der Waals surface area contributed by atoms with Gasteiger partial charge in [-0.15, -0.1) is 11.3 Å². The number of nitrogens with zero attached hydrogens (tertiary/aromatic N) is 3. The lowest BCUT2D eigenvalue weighted by atomic mass is 10.1. The lowest BCUT2D eigenvalue weighted by Crippen LogP contribution is -2.54. The molecule has 0 spiro atoms. The quantitative estimate of drug-likeness (QED) is 0.470. The molecule has 0 aliphatic carbocycles. The molecule has 5 rings (SSSR count). The SMILES string of the molecule is CSCC(C(=O)N1CCCC1C(=O)NCc1ccc(-c2scnc2C)cc1)N1Cc2ccccc2C1=O. The van der Waals surface area contributed by atoms with E-state index >= 15 is 0 Å². The minimum atomic E-state index is -0.592. The van der Waals surface area contributed by atoms with E-state index in [9.17, 15) is 14.4 Å². The van der Waals surface area contributed by atoms with Gasteiger partial charge in [-0.05, 0) is 48.8 Å². The summed E-state index contributed by atoms with van der Waals surface area (Å²) in [6.07, 6.45) is 3.33. The van der Waals surface area contributed by atoms with Crippen LogP contribution >= 0.6 is 23.1 Å². The number of aromatic nitrogens is 1. The summed E-state index contributed by atoms with van der Waals surface area (Å²) in [4.78, 5) is 48.8. The molecule has 2 aromatic carbocycles. The van der Waals surface area contributed by atoms with Crippen molar-refractivity contribution in [1.82, 2.24) is 20.1 Å². The number of thioether (sulfide) groups is 1. The second-order valence-electron chi connectivity index (χ2n) is 9.43. The van der Waals surface area contributed by atoms with Gasteiger partial charge in [0.2, 0.25) is 11.8 Å². The second kappa shape index (κ2) is 11.1. The molecule has 2 atom stereocenters. The van der Waals surface area contributed by atoms with Gasteiger partial charge in [-0.1, -0.05) is 42.5 Å². The Bertz CT molecular complexity index is 1310. The van der Waals surface area contributed by atoms with E-state index < -0.39 is 12.1 Å². The fourth-order valence-electron chi connectivity index (χ4n) is 5.14. The van der Waals surface area contributed by atoms with Crippen LogP contribution in [0.25, 0.3) is 10.4 Å². The molecule has 192 valence electrons. The fourth-order valence-corrected chi connectivity index (χ4v) is 6.59. The first-order chi connectivity index (χ1) is 18.0. The molecule has 1 saturated heterocycles. The van der Waals surface area contributed by atoms with Gasteiger partial charge in [0.05, 0.1) is 16.1 Å². The highest BCUT2D eigenvalue weighted by Gasteiger charge is 2.42. The van der Waals surface area contributed by atoms with Gasteiger partial charge in [0.15, 0.2) is 0 Å². The largest absolute Gasteiger partial charge is 0.350 e. The van der Waals surface area contributed by atoms with Crippen molar-refractivity contribution in [3.05, 3.63) is 76.4 Å². The van der Waals surface area contributed by atoms with Crippen LogP contribution in [0.5, 0.6) is 0 Å². The van der Waals surface area contributed by atoms with Crippen molar-refractivity contribution in [3.63, 3.8) is 0 Å². The van der Waals surface area contributed by atoms with Crippen LogP contribution in [-0.4, -0.2) is 63.1 Å². The van der Waals surface area contributed by atoms with Crippen LogP contribution in [0.2, 0.25) is 0 Å². The normalized spacial score (nSPS) is 17.7. The molecule has 2 aliphatic heterocycles. The van der Waals surface area contributed by atoms with Crippen molar-refractivity contribution < 1.29 is 14.4 Å². The summed E-state index contributed by atoms with van der Waals surface area (Å²) in [5.41, 5.74) is 6.57. The molecule has 1 N–H and O–H groups in total. The van der Waals surface area contributed by atoms with Crippen LogP contribution in [0.15, 0.2) is 54.0 Å². The molecule has 3 amide bonds. The Balaban J connectivity index is 1.24. The van der Waals surface area contributed by atoms with Gasteiger partial charge in [0.1, 0.15) is 12.1 Å². The minimum Gasteiger partial charge on any atom is -0.350 e. The van der Waals surface area contributed by atoms with Crippen LogP contribution in [0, 0.1) is 6.92 Å². The lowest BCUT2D eigenvalue weighted by Gasteiger charge is -2.32. The van der Waals surface area contributed by atoms with Crippen LogP contribution in [-0.2, 0) is 22.7 Å². The van der Waals surface area contributed by atoms with E-state index in [1.54, 1.807) is 21.1 Å². The average Bonchev–Trinajstić information content (AvgIpc) is 3.65. The van der Waals surface area contributed by atoms with Crippen molar-refractivity contribution in [2.75, 3.05) is 18.6 Å². The first kappa shape index (κ1) is 25.5. The maximum atomic E-state index is 13.7. The lowest BCUT2D eigenvalue weighted by molar-refractivity contribution is -0.141. The van der Waals surface area contributed by atoms with Gasteiger partial charge in [-0.3, -0.25) is 14.4 Å². The molecular weight excluding hydrogens is 504 g/mol. The van der Waals surface area contributed by atoms with E-state index in [-0.39, 0.29) is 17.7 Å². The number of fused-ring (bicyclic) bond motifs is 1. The first-order valence-electron chi connectivity index (χ1n) is 12.4. The zero-order chi connectivity index (χ0) is 25.9. The van der Waals surface area contributed by atoms with Gasteiger partial charge in [-0.2, -0.15) is 11.8 Å². The highest BCUT2D eigenvalue weighted by Crippen LogP contribution is 2.29. The molecule has 2 unspecified atom stereocenters. The molecule has 37 heavy (non-hydrogen) atoms. The Morgan fingerprint density at radius 3 is 2.68 bits per heavy atom. The van der Waals surface area contributed by atoms with Crippen molar-refractivity contribution in [2.24, 2.45) is 0 Å². The Morgan fingerprint density at radius 1 is 1.19 bits per heavy atom. The van der Waals surface area contributed by atoms with E-state index in [1.165, 1.54) is 11.8 Å². The van der Waals surface area contributed by atoms with Crippen LogP contribution < -0.4 is 5.32 Å². The third-order valence-corrected chi connectivity index (χ3v) is 8.73. The topological polar surface area (TPSA) is 82.6 Å². The zero-order valence-corrected chi connectivity index (χ0v) is 22.6. The number of aryl methyl sites for hydroxylation is 1. The third-order valence-electron chi connectivity index (χ3n) is 7.10. The molecule has 3 aromatic rings. The zero-order valence-electron chi connectivity index (χ0n) is 21.0. The molecule has 0 radical (unpaired) electrons. The molecule has 0 saturated carbocycles. The molecule has 3 heterocycles. The smallest absolute Gasteiger partial charge is 0.255 e. The molecule has 9 heteroatoms. The summed E-state index contributed by atoms with van der Waals surface area (Å²) < 4.78 is 0. The highest BCUT2D eigenvalue weighted by molar-refractivity contribution is 7.98. The molecule has 1 fully saturated rings. The average molecular weight is 535 g/mol. The Morgan fingerprint density at radius 2 is 1.97 bits per heavy atom. The predicted molar refractivity (Wildman–Crippen MR) is 147 cm³/mol. The third kappa shape index (κ3) is 5.15. The van der Waals surface area contributed by atoms with Gasteiger partial charge >= 0.3 is 0 Å². The Hall–Kier alpha value is -3.17. The number of benzene rings is 2. The number of hydrogen-bond acceptors (Lipinski definition) is 6. The molecule has 0 bridgehead atoms. The fraction of sp³-hybridized carbons (Fsp3) is 0.357. The number of thiazole rings is 1. The van der Waals surface area contributed by atoms with Gasteiger partial charge in [-0.25, -0.2) is 4.98 Å². The summed E-state index contributed by atoms with van der Waals surface area (Å²) in [5, 5.41) is 3.03. The maximum Gasteiger partial charge on any atom is 0.255 e. The van der Waals surface area contributed by atoms with Crippen LogP contribution in [0.3, 0.4) is 0 Å². The predicted octanol–water partition coefficient (Wildman–Crippen LogP) is 4.11. The number of hydrogen-bond donors (Lipinski definition) is 1. The van der Waals surface area contributed by atoms with Gasteiger partial charge in [0, 0.05) is 31.0 Å². The van der Waals surface area contributed by atoms with Gasteiger partial charge < -0.3 is 15.1 Å². The summed E-state index contributed by atoms with van der Waals surface area (Å²) in [7, 11) is 0. The van der Waals surface area contributed by atoms with Crippen molar-refractivity contribution in [3.8, 4) is 10.4 Å². The van der Waals surface area contributed by atoms with Gasteiger partial charge in [0.25, 0.3) is 5.91 Å². The number of carbonyl (C=O) groups excluding carboxylic acids is 3. The van der Waals surface area contributed by atoms with E-state index in [2.05, 4.69) is 10.3 Å². The number of likely N-dealkylation sites (tertiary alicyclic amines) is 1. The van der Waals surface area contributed by atoms with Crippen LogP contribution in [0.1, 0.15) is 40.0 Å².